The van der Waals surface area contributed by atoms with Crippen LogP contribution < -0.4 is 5.32 Å². The first-order valence-electron chi connectivity index (χ1n) is 6.03. The van der Waals surface area contributed by atoms with E-state index in [2.05, 4.69) is 30.4 Å². The molecule has 0 saturated heterocycles. The lowest BCUT2D eigenvalue weighted by atomic mass is 10.0. The number of rotatable bonds is 6. The van der Waals surface area contributed by atoms with Crippen LogP contribution in [0.15, 0.2) is 18.2 Å². The number of amides is 1. The summed E-state index contributed by atoms with van der Waals surface area (Å²) in [5, 5.41) is 11.2. The Morgan fingerprint density at radius 2 is 1.94 bits per heavy atom. The molecule has 0 atom stereocenters. The number of carbonyl (C=O) groups excluding carboxylic acids is 1. The van der Waals surface area contributed by atoms with E-state index in [1.54, 1.807) is 0 Å². The molecule has 0 aliphatic rings. The van der Waals surface area contributed by atoms with Gasteiger partial charge in [-0.05, 0) is 31.4 Å². The van der Waals surface area contributed by atoms with Crippen molar-refractivity contribution in [2.75, 3.05) is 6.54 Å². The lowest BCUT2D eigenvalue weighted by Gasteiger charge is -2.08. The van der Waals surface area contributed by atoms with Crippen LogP contribution in [0, 0.1) is 13.8 Å². The lowest BCUT2D eigenvalue weighted by Crippen LogP contribution is -2.26. The summed E-state index contributed by atoms with van der Waals surface area (Å²) in [5.41, 5.74) is 3.65. The molecule has 0 radical (unpaired) electrons. The maximum atomic E-state index is 11.3. The number of hydrogen-bond donors (Lipinski definition) is 2. The first-order chi connectivity index (χ1) is 8.49. The lowest BCUT2D eigenvalue weighted by molar-refractivity contribution is -0.138. The van der Waals surface area contributed by atoms with E-state index in [0.717, 1.165) is 6.42 Å². The summed E-state index contributed by atoms with van der Waals surface area (Å²) in [4.78, 5) is 21.6. The molecule has 18 heavy (non-hydrogen) atoms. The zero-order valence-electron chi connectivity index (χ0n) is 10.8. The van der Waals surface area contributed by atoms with Crippen LogP contribution in [-0.4, -0.2) is 23.5 Å². The molecule has 0 spiro atoms. The molecule has 1 rings (SSSR count). The van der Waals surface area contributed by atoms with Gasteiger partial charge in [-0.2, -0.15) is 0 Å². The fraction of sp³-hybridized carbons (Fsp3) is 0.429. The Bertz CT molecular complexity index is 441. The van der Waals surface area contributed by atoms with Gasteiger partial charge >= 0.3 is 5.97 Å². The van der Waals surface area contributed by atoms with Crippen LogP contribution in [-0.2, 0) is 16.0 Å². The molecule has 4 heteroatoms. The van der Waals surface area contributed by atoms with Gasteiger partial charge in [0.05, 0.1) is 6.42 Å². The third-order valence-electron chi connectivity index (χ3n) is 2.78. The van der Waals surface area contributed by atoms with Crippen molar-refractivity contribution >= 4 is 11.9 Å². The van der Waals surface area contributed by atoms with Crippen LogP contribution in [0.5, 0.6) is 0 Å². The summed E-state index contributed by atoms with van der Waals surface area (Å²) in [5.74, 6) is -1.15. The maximum Gasteiger partial charge on any atom is 0.303 e. The van der Waals surface area contributed by atoms with Crippen LogP contribution in [0.2, 0.25) is 0 Å². The van der Waals surface area contributed by atoms with E-state index in [0.29, 0.717) is 6.54 Å². The first-order valence-corrected chi connectivity index (χ1v) is 6.03. The van der Waals surface area contributed by atoms with Gasteiger partial charge in [-0.25, -0.2) is 0 Å². The SMILES string of the molecule is Cc1ccc(CCNC(=O)CCC(=O)O)c(C)c1. The van der Waals surface area contributed by atoms with Gasteiger partial charge in [-0.1, -0.05) is 23.8 Å². The van der Waals surface area contributed by atoms with Crippen molar-refractivity contribution in [3.05, 3.63) is 34.9 Å². The van der Waals surface area contributed by atoms with Crippen LogP contribution in [0.3, 0.4) is 0 Å². The average Bonchev–Trinajstić information content (AvgIpc) is 2.29. The molecule has 98 valence electrons. The summed E-state index contributed by atoms with van der Waals surface area (Å²) in [7, 11) is 0. The molecule has 0 bridgehead atoms. The second kappa shape index (κ2) is 6.79. The smallest absolute Gasteiger partial charge is 0.303 e. The quantitative estimate of drug-likeness (QED) is 0.808. The molecule has 0 unspecified atom stereocenters. The zero-order chi connectivity index (χ0) is 13.5. The maximum absolute atomic E-state index is 11.3. The zero-order valence-corrected chi connectivity index (χ0v) is 10.8. The van der Waals surface area contributed by atoms with E-state index in [1.165, 1.54) is 16.7 Å². The average molecular weight is 249 g/mol. The summed E-state index contributed by atoms with van der Waals surface area (Å²) in [6.45, 7) is 4.64. The predicted molar refractivity (Wildman–Crippen MR) is 69.5 cm³/mol. The summed E-state index contributed by atoms with van der Waals surface area (Å²) < 4.78 is 0. The van der Waals surface area contributed by atoms with Crippen molar-refractivity contribution in [1.82, 2.24) is 5.32 Å². The summed E-state index contributed by atoms with van der Waals surface area (Å²) in [6, 6.07) is 6.23. The van der Waals surface area contributed by atoms with Crippen molar-refractivity contribution in [3.8, 4) is 0 Å². The molecule has 1 aromatic carbocycles. The van der Waals surface area contributed by atoms with Gasteiger partial charge < -0.3 is 10.4 Å². The number of carboxylic acids is 1. The van der Waals surface area contributed by atoms with Gasteiger partial charge in [-0.15, -0.1) is 0 Å². The molecule has 0 heterocycles. The standard InChI is InChI=1S/C14H19NO3/c1-10-3-4-12(11(2)9-10)7-8-15-13(16)5-6-14(17)18/h3-4,9H,5-8H2,1-2H3,(H,15,16)(H,17,18). The van der Waals surface area contributed by atoms with Gasteiger partial charge in [0.25, 0.3) is 0 Å². The van der Waals surface area contributed by atoms with E-state index >= 15 is 0 Å². The van der Waals surface area contributed by atoms with Crippen LogP contribution >= 0.6 is 0 Å². The van der Waals surface area contributed by atoms with E-state index in [4.69, 9.17) is 5.11 Å². The van der Waals surface area contributed by atoms with Gasteiger partial charge in [0.1, 0.15) is 0 Å². The Morgan fingerprint density at radius 3 is 2.56 bits per heavy atom. The number of aliphatic carboxylic acids is 1. The highest BCUT2D eigenvalue weighted by molar-refractivity contribution is 5.80. The summed E-state index contributed by atoms with van der Waals surface area (Å²) in [6.07, 6.45) is 0.697. The third-order valence-corrected chi connectivity index (χ3v) is 2.78. The van der Waals surface area contributed by atoms with Crippen LogP contribution in [0.25, 0.3) is 0 Å². The van der Waals surface area contributed by atoms with Gasteiger partial charge in [-0.3, -0.25) is 9.59 Å². The van der Waals surface area contributed by atoms with E-state index < -0.39 is 5.97 Å². The molecule has 1 amide bonds. The number of nitrogens with one attached hydrogen (secondary N) is 1. The predicted octanol–water partition coefficient (Wildman–Crippen LogP) is 1.83. The highest BCUT2D eigenvalue weighted by atomic mass is 16.4. The van der Waals surface area contributed by atoms with Crippen molar-refractivity contribution in [1.29, 1.82) is 0 Å². The Kier molecular flexibility index (Phi) is 5.36. The monoisotopic (exact) mass is 249 g/mol. The number of carbonyl (C=O) groups is 2. The number of aryl methyl sites for hydroxylation is 2. The molecule has 0 aliphatic heterocycles. The number of benzene rings is 1. The van der Waals surface area contributed by atoms with E-state index in [1.807, 2.05) is 6.92 Å². The highest BCUT2D eigenvalue weighted by Crippen LogP contribution is 2.10. The number of hydrogen-bond acceptors (Lipinski definition) is 2. The minimum absolute atomic E-state index is 0.0439. The van der Waals surface area contributed by atoms with Gasteiger partial charge in [0.2, 0.25) is 5.91 Å². The molecular formula is C14H19NO3. The normalized spacial score (nSPS) is 10.1. The second-order valence-corrected chi connectivity index (χ2v) is 4.42. The van der Waals surface area contributed by atoms with Crippen molar-refractivity contribution < 1.29 is 14.7 Å². The largest absolute Gasteiger partial charge is 0.481 e. The van der Waals surface area contributed by atoms with Gasteiger partial charge in [0.15, 0.2) is 0 Å². The van der Waals surface area contributed by atoms with Crippen LogP contribution in [0.4, 0.5) is 0 Å². The molecular weight excluding hydrogens is 230 g/mol. The topological polar surface area (TPSA) is 66.4 Å². The molecule has 4 nitrogen and oxygen atoms in total. The Labute approximate surface area is 107 Å². The highest BCUT2D eigenvalue weighted by Gasteiger charge is 2.05. The fourth-order valence-corrected chi connectivity index (χ4v) is 1.77. The summed E-state index contributed by atoms with van der Waals surface area (Å²) >= 11 is 0. The minimum Gasteiger partial charge on any atom is -0.481 e. The first kappa shape index (κ1) is 14.2. The van der Waals surface area contributed by atoms with Gasteiger partial charge in [0, 0.05) is 13.0 Å². The molecule has 2 N–H and O–H groups in total. The van der Waals surface area contributed by atoms with Crippen molar-refractivity contribution in [3.63, 3.8) is 0 Å². The van der Waals surface area contributed by atoms with Crippen molar-refractivity contribution in [2.45, 2.75) is 33.1 Å². The van der Waals surface area contributed by atoms with E-state index in [9.17, 15) is 9.59 Å². The molecule has 0 aromatic heterocycles. The molecule has 0 fully saturated rings. The third kappa shape index (κ3) is 4.99. The van der Waals surface area contributed by atoms with Crippen molar-refractivity contribution in [2.24, 2.45) is 0 Å². The Balaban J connectivity index is 2.33. The second-order valence-electron chi connectivity index (χ2n) is 4.42. The molecule has 1 aromatic rings. The fourth-order valence-electron chi connectivity index (χ4n) is 1.77. The van der Waals surface area contributed by atoms with Crippen LogP contribution in [0.1, 0.15) is 29.5 Å². The number of carboxylic acid groups (broad SMARTS) is 1. The van der Waals surface area contributed by atoms with E-state index in [-0.39, 0.29) is 18.7 Å². The minimum atomic E-state index is -0.945. The Hall–Kier alpha value is -1.84. The molecule has 0 aliphatic carbocycles. The molecule has 0 saturated carbocycles. The Morgan fingerprint density at radius 1 is 1.22 bits per heavy atom.